The number of fused-ring (bicyclic) bond motifs is 6. The standard InChI is InChI=1S/C75H63N3O22/c1-39(79)34-35-53(80)94-60-54(76-63(81)44-28-14-15-29-45(44)64(76)82)73(91-50-36-88-70(95-57(50)60)41-22-8-3-9-23-41)98-61-55(77-65(83)46-30-16-17-31-47(46)66(77)84)74(92-51-37-89-71(96-58(51)61)42-24-10-4-11-25-42)99-62-56(78-67(85)48-32-18-19-33-49(48)68(78)86)75(100-69(87)40-20-6-2-7-21-40)93-52-38-90-72(97-59(52)62)43-26-12-5-13-27-43/h2-33,50-52,54-62,70-75H,34-38H2,1H3/t50-,51-,52-,54-,55-,56-,57-,58-,59-,60-,61-,62-,70?,71?,72?,73+,74+,75?/m1/s1. The number of Topliss-reactive ketones (excluding diaryl/α,β-unsaturated/α-hetero) is 1. The van der Waals surface area contributed by atoms with Crippen molar-refractivity contribution in [3.63, 3.8) is 0 Å². The largest absolute Gasteiger partial charge is 0.457 e. The molecule has 0 aromatic heterocycles. The highest BCUT2D eigenvalue weighted by Crippen LogP contribution is 2.48. The molecule has 6 amide bonds. The summed E-state index contributed by atoms with van der Waals surface area (Å²) in [6, 6.07) is 47.0. The fourth-order valence-electron chi connectivity index (χ4n) is 14.6. The summed E-state index contributed by atoms with van der Waals surface area (Å²) in [5, 5.41) is 0. The van der Waals surface area contributed by atoms with E-state index in [1.54, 1.807) is 146 Å². The van der Waals surface area contributed by atoms with Crippen molar-refractivity contribution in [1.29, 1.82) is 0 Å². The molecule has 100 heavy (non-hydrogen) atoms. The Hall–Kier alpha value is -9.87. The number of hydrogen-bond acceptors (Lipinski definition) is 22. The number of amides is 6. The molecule has 0 bridgehead atoms. The molecule has 6 saturated heterocycles. The van der Waals surface area contributed by atoms with Crippen molar-refractivity contribution >= 4 is 53.2 Å². The number of nitrogens with zero attached hydrogens (tertiary/aromatic N) is 3. The van der Waals surface area contributed by atoms with E-state index in [4.69, 9.17) is 61.6 Å². The molecule has 9 heterocycles. The zero-order valence-corrected chi connectivity index (χ0v) is 53.2. The van der Waals surface area contributed by atoms with Gasteiger partial charge in [-0.15, -0.1) is 0 Å². The number of hydrogen-bond donors (Lipinski definition) is 0. The monoisotopic (exact) mass is 1360 g/mol. The van der Waals surface area contributed by atoms with Gasteiger partial charge in [-0.1, -0.05) is 146 Å². The number of carbonyl (C=O) groups is 9. The minimum Gasteiger partial charge on any atom is -0.457 e. The molecular weight excluding hydrogens is 1290 g/mol. The number of ketones is 1. The Bertz CT molecular complexity index is 4250. The zero-order valence-electron chi connectivity index (χ0n) is 53.2. The van der Waals surface area contributed by atoms with Gasteiger partial charge in [-0.05, 0) is 55.5 Å². The van der Waals surface area contributed by atoms with E-state index in [2.05, 4.69) is 0 Å². The van der Waals surface area contributed by atoms with E-state index in [0.29, 0.717) is 16.7 Å². The minimum absolute atomic E-state index is 0.00955. The minimum atomic E-state index is -2.02. The molecule has 7 aromatic carbocycles. The number of ether oxygens (including phenoxy) is 13. The van der Waals surface area contributed by atoms with Crippen molar-refractivity contribution in [3.05, 3.63) is 250 Å². The zero-order chi connectivity index (χ0) is 68.4. The molecule has 7 aromatic rings. The third kappa shape index (κ3) is 11.7. The summed E-state index contributed by atoms with van der Waals surface area (Å²) < 4.78 is 88.7. The molecule has 18 atom stereocenters. The number of benzene rings is 7. The van der Waals surface area contributed by atoms with E-state index >= 15 is 28.8 Å². The van der Waals surface area contributed by atoms with Crippen LogP contribution in [-0.2, 0) is 71.2 Å². The molecule has 25 nitrogen and oxygen atoms in total. The molecule has 0 saturated carbocycles. The van der Waals surface area contributed by atoms with Crippen LogP contribution < -0.4 is 0 Å². The first-order chi connectivity index (χ1) is 48.8. The molecular formula is C75H63N3O22. The van der Waals surface area contributed by atoms with Gasteiger partial charge in [-0.25, -0.2) is 4.79 Å². The average molecular weight is 1360 g/mol. The topological polar surface area (TPSA) is 283 Å². The second-order valence-electron chi connectivity index (χ2n) is 25.3. The lowest BCUT2D eigenvalue weighted by Gasteiger charge is -2.56. The number of carbonyl (C=O) groups excluding carboxylic acids is 9. The molecule has 0 N–H and O–H groups in total. The number of imide groups is 3. The van der Waals surface area contributed by atoms with Crippen molar-refractivity contribution < 1.29 is 105 Å². The summed E-state index contributed by atoms with van der Waals surface area (Å²) in [6.07, 6.45) is -23.5. The lowest BCUT2D eigenvalue weighted by Crippen LogP contribution is -2.74. The van der Waals surface area contributed by atoms with Gasteiger partial charge in [0, 0.05) is 23.1 Å². The number of esters is 2. The van der Waals surface area contributed by atoms with Crippen molar-refractivity contribution in [2.45, 2.75) is 131 Å². The van der Waals surface area contributed by atoms with Gasteiger partial charge < -0.3 is 66.4 Å². The van der Waals surface area contributed by atoms with E-state index in [1.807, 2.05) is 0 Å². The van der Waals surface area contributed by atoms with E-state index in [-0.39, 0.29) is 71.0 Å². The number of rotatable bonds is 16. The maximum atomic E-state index is 15.8. The van der Waals surface area contributed by atoms with Gasteiger partial charge in [0.25, 0.3) is 35.4 Å². The molecule has 25 heteroatoms. The maximum Gasteiger partial charge on any atom is 0.340 e. The quantitative estimate of drug-likeness (QED) is 0.0672. The van der Waals surface area contributed by atoms with Crippen LogP contribution >= 0.6 is 0 Å². The molecule has 510 valence electrons. The Labute approximate surface area is 570 Å². The van der Waals surface area contributed by atoms with Gasteiger partial charge >= 0.3 is 11.9 Å². The molecule has 0 spiro atoms. The first-order valence-electron chi connectivity index (χ1n) is 32.9. The van der Waals surface area contributed by atoms with E-state index < -0.39 is 165 Å². The normalized spacial score (nSPS) is 31.3. The first kappa shape index (κ1) is 64.8. The van der Waals surface area contributed by atoms with Crippen molar-refractivity contribution in [1.82, 2.24) is 14.7 Å². The van der Waals surface area contributed by atoms with Gasteiger partial charge in [0.05, 0.1) is 65.2 Å². The van der Waals surface area contributed by atoms with Gasteiger partial charge in [-0.2, -0.15) is 0 Å². The third-order valence-corrected chi connectivity index (χ3v) is 19.3. The van der Waals surface area contributed by atoms with Crippen LogP contribution in [-0.4, -0.2) is 180 Å². The Balaban J connectivity index is 0.875. The summed E-state index contributed by atoms with van der Waals surface area (Å²) >= 11 is 0. The SMILES string of the molecule is CC(=O)CCC(=O)O[C@H]1[C@@H]2OC(c3ccccc3)OC[C@H]2O[C@@H](O[C@H]2[C@@H]3OC(c4ccccc4)OC[C@H]3O[C@@H](O[C@H]3[C@@H]4OC(c5ccccc5)OC[C@H]4OC(OC(=O)c4ccccc4)[C@@H]3N3C(=O)c4ccccc4C3=O)[C@@H]2N2C(=O)c3ccccc3C2=O)[C@@H]1N1C(=O)c2ccccc2C1=O. The molecule has 9 aliphatic heterocycles. The van der Waals surface area contributed by atoms with Crippen LogP contribution in [0.2, 0.25) is 0 Å². The van der Waals surface area contributed by atoms with Gasteiger partial charge in [0.15, 0.2) is 37.6 Å². The van der Waals surface area contributed by atoms with Gasteiger partial charge in [0.2, 0.25) is 6.29 Å². The lowest BCUT2D eigenvalue weighted by atomic mass is 9.91. The predicted octanol–water partition coefficient (Wildman–Crippen LogP) is 7.41. The van der Waals surface area contributed by atoms with Crippen LogP contribution in [0, 0.1) is 0 Å². The van der Waals surface area contributed by atoms with Crippen LogP contribution in [0.1, 0.15) is 128 Å². The summed E-state index contributed by atoms with van der Waals surface area (Å²) in [4.78, 5) is 137. The molecule has 0 radical (unpaired) electrons. The smallest absolute Gasteiger partial charge is 0.340 e. The van der Waals surface area contributed by atoms with Crippen LogP contribution in [0.3, 0.4) is 0 Å². The Kier molecular flexibility index (Phi) is 17.5. The maximum absolute atomic E-state index is 15.8. The molecule has 6 fully saturated rings. The Morgan fingerprint density at radius 1 is 0.360 bits per heavy atom. The highest BCUT2D eigenvalue weighted by Gasteiger charge is 2.65. The molecule has 16 rings (SSSR count). The van der Waals surface area contributed by atoms with E-state index in [0.717, 1.165) is 14.7 Å². The van der Waals surface area contributed by atoms with Crippen LogP contribution in [0.4, 0.5) is 0 Å². The van der Waals surface area contributed by atoms with E-state index in [1.165, 1.54) is 55.5 Å². The highest BCUT2D eigenvalue weighted by molar-refractivity contribution is 6.23. The molecule has 0 aliphatic carbocycles. The molecule has 9 aliphatic rings. The average Bonchev–Trinajstić information content (AvgIpc) is 1.48. The van der Waals surface area contributed by atoms with Gasteiger partial charge in [0.1, 0.15) is 72.7 Å². The molecule has 4 unspecified atom stereocenters. The van der Waals surface area contributed by atoms with Crippen LogP contribution in [0.25, 0.3) is 0 Å². The van der Waals surface area contributed by atoms with Crippen molar-refractivity contribution in [2.24, 2.45) is 0 Å². The second-order valence-corrected chi connectivity index (χ2v) is 25.3. The second kappa shape index (κ2) is 27.0. The Morgan fingerprint density at radius 3 is 1.01 bits per heavy atom. The predicted molar refractivity (Wildman–Crippen MR) is 340 cm³/mol. The van der Waals surface area contributed by atoms with E-state index in [9.17, 15) is 14.4 Å². The highest BCUT2D eigenvalue weighted by atomic mass is 16.8. The summed E-state index contributed by atoms with van der Waals surface area (Å²) in [5.74, 6) is -7.35. The fraction of sp³-hybridized carbons (Fsp3) is 0.320. The summed E-state index contributed by atoms with van der Waals surface area (Å²) in [7, 11) is 0. The summed E-state index contributed by atoms with van der Waals surface area (Å²) in [5.41, 5.74) is 1.50. The van der Waals surface area contributed by atoms with Crippen molar-refractivity contribution in [3.8, 4) is 0 Å². The summed E-state index contributed by atoms with van der Waals surface area (Å²) in [6.45, 7) is 0.408. The first-order valence-corrected chi connectivity index (χ1v) is 32.9. The fourth-order valence-corrected chi connectivity index (χ4v) is 14.6. The lowest BCUT2D eigenvalue weighted by molar-refractivity contribution is -0.404. The van der Waals surface area contributed by atoms with Crippen molar-refractivity contribution in [2.75, 3.05) is 19.8 Å². The van der Waals surface area contributed by atoms with Crippen LogP contribution in [0.5, 0.6) is 0 Å². The third-order valence-electron chi connectivity index (χ3n) is 19.3. The van der Waals surface area contributed by atoms with Gasteiger partial charge in [-0.3, -0.25) is 48.3 Å². The Morgan fingerprint density at radius 2 is 0.660 bits per heavy atom. The van der Waals surface area contributed by atoms with Crippen LogP contribution in [0.15, 0.2) is 194 Å².